The molecule has 0 atom stereocenters. The topological polar surface area (TPSA) is 87.7 Å². The van der Waals surface area contributed by atoms with Crippen LogP contribution in [0.2, 0.25) is 5.02 Å². The number of aromatic carboxylic acids is 1. The lowest BCUT2D eigenvalue weighted by Gasteiger charge is -2.23. The molecule has 188 valence electrons. The zero-order valence-corrected chi connectivity index (χ0v) is 21.5. The molecule has 0 fully saturated rings. The first-order valence-corrected chi connectivity index (χ1v) is 12.1. The average Bonchev–Trinajstić information content (AvgIpc) is 2.86. The van der Waals surface area contributed by atoms with E-state index >= 15 is 0 Å². The van der Waals surface area contributed by atoms with Crippen molar-refractivity contribution in [2.75, 3.05) is 10.6 Å². The molecule has 0 aliphatic rings. The minimum atomic E-state index is -1.02. The van der Waals surface area contributed by atoms with E-state index in [-0.39, 0.29) is 11.0 Å². The average molecular weight is 515 g/mol. The Morgan fingerprint density at radius 3 is 2.16 bits per heavy atom. The number of rotatable bonds is 6. The van der Waals surface area contributed by atoms with E-state index in [0.29, 0.717) is 39.0 Å². The van der Waals surface area contributed by atoms with Crippen LogP contribution < -0.4 is 15.4 Å². The van der Waals surface area contributed by atoms with Gasteiger partial charge in [-0.25, -0.2) is 9.59 Å². The van der Waals surface area contributed by atoms with E-state index in [4.69, 9.17) is 16.3 Å². The molecule has 4 aromatic rings. The van der Waals surface area contributed by atoms with Gasteiger partial charge in [0, 0.05) is 5.56 Å². The maximum absolute atomic E-state index is 12.9. The highest BCUT2D eigenvalue weighted by molar-refractivity contribution is 6.33. The minimum absolute atomic E-state index is 0.164. The van der Waals surface area contributed by atoms with Crippen LogP contribution in [0, 0.1) is 0 Å². The summed E-state index contributed by atoms with van der Waals surface area (Å²) < 4.78 is 6.33. The molecule has 0 bridgehead atoms. The number of nitrogens with one attached hydrogen (secondary N) is 2. The van der Waals surface area contributed by atoms with Gasteiger partial charge in [-0.3, -0.25) is 0 Å². The summed E-state index contributed by atoms with van der Waals surface area (Å²) in [7, 11) is 0. The second-order valence-corrected chi connectivity index (χ2v) is 9.91. The fourth-order valence-corrected chi connectivity index (χ4v) is 4.04. The minimum Gasteiger partial charge on any atom is -0.478 e. The van der Waals surface area contributed by atoms with Crippen LogP contribution in [0.5, 0.6) is 11.5 Å². The first-order chi connectivity index (χ1) is 17.6. The molecule has 0 heterocycles. The monoisotopic (exact) mass is 514 g/mol. The van der Waals surface area contributed by atoms with Crippen molar-refractivity contribution < 1.29 is 19.4 Å². The van der Waals surface area contributed by atoms with Crippen molar-refractivity contribution in [1.82, 2.24) is 0 Å². The number of anilines is 2. The standard InChI is InChI=1S/C30H27ClN2O4/c1-30(2,3)22-11-4-7-14-26(22)37-27-16-15-20(19-9-8-10-21(17-19)28(34)35)18-25(27)33-29(36)32-24-13-6-5-12-23(24)31/h4-18H,1-3H3,(H,34,35)(H2,32,33,36). The highest BCUT2D eigenvalue weighted by atomic mass is 35.5. The second kappa shape index (κ2) is 10.8. The molecule has 3 N–H and O–H groups in total. The van der Waals surface area contributed by atoms with Crippen LogP contribution in [0.1, 0.15) is 36.7 Å². The van der Waals surface area contributed by atoms with Gasteiger partial charge >= 0.3 is 12.0 Å². The van der Waals surface area contributed by atoms with Crippen LogP contribution in [0.25, 0.3) is 11.1 Å². The number of urea groups is 1. The molecule has 7 heteroatoms. The van der Waals surface area contributed by atoms with Crippen molar-refractivity contribution in [3.05, 3.63) is 107 Å². The fraction of sp³-hybridized carbons (Fsp3) is 0.133. The Hall–Kier alpha value is -4.29. The number of para-hydroxylation sites is 2. The number of hydrogen-bond acceptors (Lipinski definition) is 3. The van der Waals surface area contributed by atoms with Crippen LogP contribution in [-0.4, -0.2) is 17.1 Å². The lowest BCUT2D eigenvalue weighted by atomic mass is 9.86. The number of benzene rings is 4. The van der Waals surface area contributed by atoms with Gasteiger partial charge in [-0.15, -0.1) is 0 Å². The number of ether oxygens (including phenoxy) is 1. The third-order valence-corrected chi connectivity index (χ3v) is 6.04. The number of halogens is 1. The highest BCUT2D eigenvalue weighted by Gasteiger charge is 2.20. The van der Waals surface area contributed by atoms with Gasteiger partial charge in [0.05, 0.1) is 22.0 Å². The third kappa shape index (κ3) is 6.29. The maximum Gasteiger partial charge on any atom is 0.335 e. The van der Waals surface area contributed by atoms with E-state index in [2.05, 4.69) is 31.4 Å². The molecule has 6 nitrogen and oxygen atoms in total. The molecule has 0 aliphatic carbocycles. The third-order valence-electron chi connectivity index (χ3n) is 5.71. The van der Waals surface area contributed by atoms with E-state index in [1.54, 1.807) is 48.5 Å². The quantitative estimate of drug-likeness (QED) is 0.241. The van der Waals surface area contributed by atoms with Gasteiger partial charge in [-0.2, -0.15) is 0 Å². The summed E-state index contributed by atoms with van der Waals surface area (Å²) in [6, 6.07) is 26.1. The maximum atomic E-state index is 12.9. The Morgan fingerprint density at radius 2 is 1.43 bits per heavy atom. The van der Waals surface area contributed by atoms with Crippen molar-refractivity contribution in [2.45, 2.75) is 26.2 Å². The van der Waals surface area contributed by atoms with Gasteiger partial charge in [0.1, 0.15) is 5.75 Å². The number of carboxylic acids is 1. The van der Waals surface area contributed by atoms with E-state index in [9.17, 15) is 14.7 Å². The van der Waals surface area contributed by atoms with Crippen LogP contribution >= 0.6 is 11.6 Å². The number of carbonyl (C=O) groups excluding carboxylic acids is 1. The molecule has 0 aromatic heterocycles. The van der Waals surface area contributed by atoms with Crippen molar-refractivity contribution in [1.29, 1.82) is 0 Å². The summed E-state index contributed by atoms with van der Waals surface area (Å²) in [5.41, 5.74) is 3.30. The van der Waals surface area contributed by atoms with Crippen molar-refractivity contribution in [3.8, 4) is 22.6 Å². The molecule has 4 aromatic carbocycles. The zero-order valence-electron chi connectivity index (χ0n) is 20.7. The molecule has 4 rings (SSSR count). The van der Waals surface area contributed by atoms with Gasteiger partial charge in [0.25, 0.3) is 0 Å². The van der Waals surface area contributed by atoms with Crippen molar-refractivity contribution in [3.63, 3.8) is 0 Å². The molecule has 0 saturated carbocycles. The van der Waals surface area contributed by atoms with Crippen molar-refractivity contribution in [2.24, 2.45) is 0 Å². The van der Waals surface area contributed by atoms with Gasteiger partial charge in [-0.05, 0) is 59.0 Å². The SMILES string of the molecule is CC(C)(C)c1ccccc1Oc1ccc(-c2cccc(C(=O)O)c2)cc1NC(=O)Nc1ccccc1Cl. The molecule has 37 heavy (non-hydrogen) atoms. The first-order valence-electron chi connectivity index (χ1n) is 11.7. The molecule has 0 saturated heterocycles. The molecule has 0 spiro atoms. The second-order valence-electron chi connectivity index (χ2n) is 9.50. The van der Waals surface area contributed by atoms with Crippen LogP contribution in [0.15, 0.2) is 91.0 Å². The van der Waals surface area contributed by atoms with Gasteiger partial charge in [-0.1, -0.05) is 80.9 Å². The summed E-state index contributed by atoms with van der Waals surface area (Å²) in [5.74, 6) is 0.0902. The predicted octanol–water partition coefficient (Wildman–Crippen LogP) is 8.44. The summed E-state index contributed by atoms with van der Waals surface area (Å²) in [4.78, 5) is 24.4. The van der Waals surface area contributed by atoms with E-state index in [0.717, 1.165) is 5.56 Å². The lowest BCUT2D eigenvalue weighted by Crippen LogP contribution is -2.20. The zero-order chi connectivity index (χ0) is 26.6. The van der Waals surface area contributed by atoms with E-state index < -0.39 is 12.0 Å². The molecule has 2 amide bonds. The summed E-state index contributed by atoms with van der Waals surface area (Å²) in [6.45, 7) is 6.30. The van der Waals surface area contributed by atoms with Crippen LogP contribution in [-0.2, 0) is 5.41 Å². The Kier molecular flexibility index (Phi) is 7.50. The highest BCUT2D eigenvalue weighted by Crippen LogP contribution is 2.38. The van der Waals surface area contributed by atoms with Crippen LogP contribution in [0.3, 0.4) is 0 Å². The number of hydrogen-bond donors (Lipinski definition) is 3. The molecule has 0 radical (unpaired) electrons. The smallest absolute Gasteiger partial charge is 0.335 e. The van der Waals surface area contributed by atoms with Gasteiger partial charge in [0.2, 0.25) is 0 Å². The van der Waals surface area contributed by atoms with Gasteiger partial charge in [0.15, 0.2) is 5.75 Å². The molecule has 0 aliphatic heterocycles. The number of carboxylic acid groups (broad SMARTS) is 1. The summed E-state index contributed by atoms with van der Waals surface area (Å²) >= 11 is 6.20. The molecular weight excluding hydrogens is 488 g/mol. The Morgan fingerprint density at radius 1 is 0.757 bits per heavy atom. The Bertz CT molecular complexity index is 1460. The van der Waals surface area contributed by atoms with Crippen LogP contribution in [0.4, 0.5) is 16.2 Å². The fourth-order valence-electron chi connectivity index (χ4n) is 3.86. The van der Waals surface area contributed by atoms with Gasteiger partial charge < -0.3 is 20.5 Å². The molecular formula is C30H27ClN2O4. The normalized spacial score (nSPS) is 11.0. The first kappa shape index (κ1) is 25.8. The summed E-state index contributed by atoms with van der Waals surface area (Å²) in [6.07, 6.45) is 0. The van der Waals surface area contributed by atoms with E-state index in [1.807, 2.05) is 36.4 Å². The number of amides is 2. The lowest BCUT2D eigenvalue weighted by molar-refractivity contribution is 0.0697. The predicted molar refractivity (Wildman–Crippen MR) is 148 cm³/mol. The Balaban J connectivity index is 1.73. The van der Waals surface area contributed by atoms with E-state index in [1.165, 1.54) is 6.07 Å². The molecule has 0 unspecified atom stereocenters. The largest absolute Gasteiger partial charge is 0.478 e. The van der Waals surface area contributed by atoms with Crippen molar-refractivity contribution >= 4 is 35.0 Å². The summed E-state index contributed by atoms with van der Waals surface area (Å²) in [5, 5.41) is 15.4. The number of carbonyl (C=O) groups is 2. The Labute approximate surface area is 220 Å².